The molecule has 4 aliphatic heterocycles. The first-order valence-corrected chi connectivity index (χ1v) is 12.0. The first kappa shape index (κ1) is 24.2. The molecule has 0 aromatic rings. The molecular weight excluding hydrogens is 438 g/mol. The number of amidine groups is 1. The molecule has 3 saturated heterocycles. The average Bonchev–Trinajstić information content (AvgIpc) is 3.23. The minimum Gasteiger partial charge on any atom is -0.478 e. The van der Waals surface area contributed by atoms with Crippen LogP contribution in [0.3, 0.4) is 0 Å². The standard InChI is InChI=1S/C21H33N5O3S.ClH/c1-4-25-12-9-22-16(25)6-5-15-7-10-24(11-8-15)14-23-21(19(28)29)20(2,3)30-18-13-17(27)26(18)21;/h14-15,18H,4-13H2,1-3H3,(H,28,29);1H. The van der Waals surface area contributed by atoms with Crippen LogP contribution in [0.2, 0.25) is 0 Å². The van der Waals surface area contributed by atoms with Crippen LogP contribution >= 0.6 is 24.2 Å². The van der Waals surface area contributed by atoms with Crippen molar-refractivity contribution in [2.45, 2.75) is 68.7 Å². The Labute approximate surface area is 194 Å². The highest BCUT2D eigenvalue weighted by molar-refractivity contribution is 8.01. The molecule has 4 aliphatic rings. The molecule has 3 fully saturated rings. The molecule has 0 spiro atoms. The van der Waals surface area contributed by atoms with Gasteiger partial charge in [0.1, 0.15) is 0 Å². The van der Waals surface area contributed by atoms with Gasteiger partial charge in [0.2, 0.25) is 11.6 Å². The number of aliphatic imine (C=N–C) groups is 2. The highest BCUT2D eigenvalue weighted by Crippen LogP contribution is 2.57. The number of likely N-dealkylation sites (N-methyl/N-ethyl adjacent to an activating group) is 1. The fourth-order valence-corrected chi connectivity index (χ4v) is 6.86. The van der Waals surface area contributed by atoms with Crippen LogP contribution in [0.1, 0.15) is 52.9 Å². The zero-order valence-corrected chi connectivity index (χ0v) is 20.3. The van der Waals surface area contributed by atoms with E-state index in [1.165, 1.54) is 10.7 Å². The maximum atomic E-state index is 12.3. The van der Waals surface area contributed by atoms with Crippen molar-refractivity contribution < 1.29 is 14.7 Å². The number of hydrogen-bond donors (Lipinski definition) is 1. The lowest BCUT2D eigenvalue weighted by atomic mass is 9.90. The Morgan fingerprint density at radius 2 is 2.03 bits per heavy atom. The van der Waals surface area contributed by atoms with Gasteiger partial charge in [0.05, 0.1) is 35.3 Å². The topological polar surface area (TPSA) is 88.8 Å². The smallest absolute Gasteiger partial charge is 0.354 e. The Bertz CT molecular complexity index is 768. The van der Waals surface area contributed by atoms with Gasteiger partial charge in [-0.05, 0) is 46.0 Å². The Morgan fingerprint density at radius 1 is 1.32 bits per heavy atom. The predicted octanol–water partition coefficient (Wildman–Crippen LogP) is 2.53. The minimum absolute atomic E-state index is 0. The number of fused-ring (bicyclic) bond motifs is 1. The van der Waals surface area contributed by atoms with E-state index in [1.807, 2.05) is 13.8 Å². The maximum absolute atomic E-state index is 12.3. The summed E-state index contributed by atoms with van der Waals surface area (Å²) in [6.45, 7) is 10.7. The Kier molecular flexibility index (Phi) is 7.15. The molecule has 2 unspecified atom stereocenters. The van der Waals surface area contributed by atoms with Gasteiger partial charge >= 0.3 is 5.97 Å². The first-order valence-electron chi connectivity index (χ1n) is 11.1. The van der Waals surface area contributed by atoms with E-state index in [9.17, 15) is 14.7 Å². The Morgan fingerprint density at radius 3 is 2.65 bits per heavy atom. The average molecular weight is 472 g/mol. The number of aliphatic carboxylic acids is 1. The number of β-lactam (4-membered cyclic amide) rings is 1. The van der Waals surface area contributed by atoms with Crippen LogP contribution in [0.5, 0.6) is 0 Å². The van der Waals surface area contributed by atoms with E-state index in [0.717, 1.165) is 58.4 Å². The number of amides is 1. The van der Waals surface area contributed by atoms with Crippen molar-refractivity contribution in [3.63, 3.8) is 0 Å². The van der Waals surface area contributed by atoms with Crippen LogP contribution in [-0.2, 0) is 9.59 Å². The van der Waals surface area contributed by atoms with E-state index in [-0.39, 0.29) is 23.7 Å². The molecular formula is C21H34ClN5O3S. The molecule has 8 nitrogen and oxygen atoms in total. The molecule has 4 heterocycles. The Balaban J connectivity index is 0.00000272. The fourth-order valence-electron chi connectivity index (χ4n) is 5.18. The lowest BCUT2D eigenvalue weighted by Crippen LogP contribution is -2.66. The molecule has 0 bridgehead atoms. The summed E-state index contributed by atoms with van der Waals surface area (Å²) in [5, 5.41) is 10.00. The summed E-state index contributed by atoms with van der Waals surface area (Å²) in [4.78, 5) is 39.7. The summed E-state index contributed by atoms with van der Waals surface area (Å²) in [5.41, 5.74) is -1.52. The molecule has 4 rings (SSSR count). The second-order valence-electron chi connectivity index (χ2n) is 9.17. The van der Waals surface area contributed by atoms with Gasteiger partial charge in [-0.25, -0.2) is 9.79 Å². The highest BCUT2D eigenvalue weighted by Gasteiger charge is 2.70. The summed E-state index contributed by atoms with van der Waals surface area (Å²) in [6.07, 6.45) is 6.47. The van der Waals surface area contributed by atoms with E-state index in [2.05, 4.69) is 26.7 Å². The van der Waals surface area contributed by atoms with Crippen molar-refractivity contribution in [1.82, 2.24) is 14.7 Å². The third-order valence-electron chi connectivity index (χ3n) is 7.07. The summed E-state index contributed by atoms with van der Waals surface area (Å²) < 4.78 is -0.669. The van der Waals surface area contributed by atoms with Gasteiger partial charge in [0, 0.05) is 32.6 Å². The van der Waals surface area contributed by atoms with Crippen LogP contribution in [0.4, 0.5) is 0 Å². The van der Waals surface area contributed by atoms with Crippen molar-refractivity contribution in [1.29, 1.82) is 0 Å². The molecule has 1 amide bonds. The summed E-state index contributed by atoms with van der Waals surface area (Å²) in [5.74, 6) is 0.774. The number of rotatable bonds is 7. The van der Waals surface area contributed by atoms with Gasteiger partial charge < -0.3 is 14.9 Å². The molecule has 0 aromatic carbocycles. The highest BCUT2D eigenvalue weighted by atomic mass is 35.5. The van der Waals surface area contributed by atoms with E-state index >= 15 is 0 Å². The number of hydrogen-bond acceptors (Lipinski definition) is 6. The van der Waals surface area contributed by atoms with Gasteiger partial charge in [-0.1, -0.05) is 0 Å². The predicted molar refractivity (Wildman–Crippen MR) is 126 cm³/mol. The molecule has 1 N–H and O–H groups in total. The van der Waals surface area contributed by atoms with Crippen molar-refractivity contribution >= 4 is 48.2 Å². The Hall–Kier alpha value is -1.48. The SMILES string of the molecule is CCN1CCN=C1CCC1CCN(C=NC2(C(=O)O)N3C(=O)CC3SC2(C)C)CC1.Cl. The summed E-state index contributed by atoms with van der Waals surface area (Å²) >= 11 is 1.54. The fraction of sp³-hybridized carbons (Fsp3) is 0.810. The zero-order valence-electron chi connectivity index (χ0n) is 18.6. The molecule has 2 atom stereocenters. The summed E-state index contributed by atoms with van der Waals surface area (Å²) in [7, 11) is 0. The van der Waals surface area contributed by atoms with Crippen LogP contribution in [-0.4, -0.2) is 92.4 Å². The number of halogens is 1. The normalized spacial score (nSPS) is 30.3. The molecule has 31 heavy (non-hydrogen) atoms. The van der Waals surface area contributed by atoms with Crippen LogP contribution < -0.4 is 0 Å². The number of carbonyl (C=O) groups excluding carboxylic acids is 1. The van der Waals surface area contributed by atoms with Crippen molar-refractivity contribution in [2.24, 2.45) is 15.9 Å². The number of nitrogens with zero attached hydrogens (tertiary/aromatic N) is 5. The summed E-state index contributed by atoms with van der Waals surface area (Å²) in [6, 6.07) is 0. The van der Waals surface area contributed by atoms with E-state index < -0.39 is 16.4 Å². The number of thioether (sulfide) groups is 1. The zero-order chi connectivity index (χ0) is 21.5. The lowest BCUT2D eigenvalue weighted by molar-refractivity contribution is -0.167. The monoisotopic (exact) mass is 471 g/mol. The van der Waals surface area contributed by atoms with Crippen LogP contribution in [0.25, 0.3) is 0 Å². The maximum Gasteiger partial charge on any atom is 0.354 e. The largest absolute Gasteiger partial charge is 0.478 e. The van der Waals surface area contributed by atoms with Gasteiger partial charge in [-0.15, -0.1) is 24.2 Å². The molecule has 174 valence electrons. The number of likely N-dealkylation sites (tertiary alicyclic amines) is 1. The van der Waals surface area contributed by atoms with E-state index in [0.29, 0.717) is 12.3 Å². The van der Waals surface area contributed by atoms with E-state index in [4.69, 9.17) is 0 Å². The number of piperidine rings is 1. The van der Waals surface area contributed by atoms with Crippen LogP contribution in [0.15, 0.2) is 9.98 Å². The third kappa shape index (κ3) is 4.15. The van der Waals surface area contributed by atoms with Gasteiger partial charge in [0.25, 0.3) is 0 Å². The molecule has 0 saturated carbocycles. The molecule has 10 heteroatoms. The quantitative estimate of drug-likeness (QED) is 0.348. The van der Waals surface area contributed by atoms with Crippen molar-refractivity contribution in [3.8, 4) is 0 Å². The number of carboxylic acid groups (broad SMARTS) is 1. The van der Waals surface area contributed by atoms with Crippen molar-refractivity contribution in [3.05, 3.63) is 0 Å². The third-order valence-corrected chi connectivity index (χ3v) is 8.59. The van der Waals surface area contributed by atoms with Crippen LogP contribution in [0, 0.1) is 5.92 Å². The molecule has 0 aliphatic carbocycles. The van der Waals surface area contributed by atoms with Gasteiger partial charge in [-0.3, -0.25) is 14.7 Å². The van der Waals surface area contributed by atoms with E-state index in [1.54, 1.807) is 18.1 Å². The van der Waals surface area contributed by atoms with Gasteiger partial charge in [0.15, 0.2) is 0 Å². The molecule has 0 radical (unpaired) electrons. The first-order chi connectivity index (χ1) is 14.3. The lowest BCUT2D eigenvalue weighted by Gasteiger charge is -2.43. The van der Waals surface area contributed by atoms with Gasteiger partial charge in [-0.2, -0.15) is 0 Å². The number of carboxylic acids is 1. The number of carbonyl (C=O) groups is 2. The second kappa shape index (κ2) is 9.17. The second-order valence-corrected chi connectivity index (χ2v) is 11.0. The van der Waals surface area contributed by atoms with Crippen molar-refractivity contribution in [2.75, 3.05) is 32.7 Å². The minimum atomic E-state index is -1.52. The molecule has 0 aromatic heterocycles.